The first-order valence-corrected chi connectivity index (χ1v) is 9.69. The molecule has 0 atom stereocenters. The second-order valence-corrected chi connectivity index (χ2v) is 8.31. The Labute approximate surface area is 153 Å². The molecule has 0 radical (unpaired) electrons. The minimum atomic E-state index is 0.0155. The zero-order valence-electron chi connectivity index (χ0n) is 15.1. The third-order valence-electron chi connectivity index (χ3n) is 6.77. The summed E-state index contributed by atoms with van der Waals surface area (Å²) < 4.78 is 5.38. The van der Waals surface area contributed by atoms with Gasteiger partial charge in [-0.1, -0.05) is 0 Å². The summed E-state index contributed by atoms with van der Waals surface area (Å²) in [5.41, 5.74) is 2.50. The lowest BCUT2D eigenvalue weighted by molar-refractivity contribution is -0.0120. The monoisotopic (exact) mass is 351 g/mol. The van der Waals surface area contributed by atoms with Crippen molar-refractivity contribution >= 4 is 5.91 Å². The SMILES string of the molecule is COc1cnccc1-c1c[nH]c(C(=O)NC2C3CC4CC(C3)CC2C4)c1. The second kappa shape index (κ2) is 6.15. The molecule has 0 aromatic carbocycles. The molecule has 26 heavy (non-hydrogen) atoms. The third kappa shape index (κ3) is 2.61. The van der Waals surface area contributed by atoms with Gasteiger partial charge in [-0.3, -0.25) is 9.78 Å². The van der Waals surface area contributed by atoms with Crippen LogP contribution in [0, 0.1) is 23.7 Å². The number of rotatable bonds is 4. The van der Waals surface area contributed by atoms with Gasteiger partial charge < -0.3 is 15.0 Å². The molecular formula is C21H25N3O2. The van der Waals surface area contributed by atoms with Crippen molar-refractivity contribution in [3.05, 3.63) is 36.4 Å². The Morgan fingerprint density at radius 1 is 1.19 bits per heavy atom. The Morgan fingerprint density at radius 3 is 2.62 bits per heavy atom. The molecule has 2 N–H and O–H groups in total. The minimum Gasteiger partial charge on any atom is -0.494 e. The fraction of sp³-hybridized carbons (Fsp3) is 0.524. The van der Waals surface area contributed by atoms with Gasteiger partial charge in [0.15, 0.2) is 0 Å². The van der Waals surface area contributed by atoms with Crippen LogP contribution in [0.25, 0.3) is 11.1 Å². The van der Waals surface area contributed by atoms with Gasteiger partial charge >= 0.3 is 0 Å². The maximum atomic E-state index is 12.8. The zero-order chi connectivity index (χ0) is 17.7. The van der Waals surface area contributed by atoms with Crippen LogP contribution < -0.4 is 10.1 Å². The van der Waals surface area contributed by atoms with E-state index >= 15 is 0 Å². The maximum absolute atomic E-state index is 12.8. The van der Waals surface area contributed by atoms with Crippen molar-refractivity contribution in [2.75, 3.05) is 7.11 Å². The average Bonchev–Trinajstić information content (AvgIpc) is 3.14. The number of ether oxygens (including phenoxy) is 1. The molecule has 5 heteroatoms. The Bertz CT molecular complexity index is 800. The lowest BCUT2D eigenvalue weighted by Gasteiger charge is -2.54. The summed E-state index contributed by atoms with van der Waals surface area (Å²) in [5, 5.41) is 3.36. The van der Waals surface area contributed by atoms with E-state index in [1.807, 2.05) is 18.3 Å². The maximum Gasteiger partial charge on any atom is 0.267 e. The number of pyridine rings is 1. The molecule has 136 valence electrons. The summed E-state index contributed by atoms with van der Waals surface area (Å²) in [6.07, 6.45) is 12.0. The van der Waals surface area contributed by atoms with Crippen LogP contribution in [-0.2, 0) is 0 Å². The summed E-state index contributed by atoms with van der Waals surface area (Å²) in [4.78, 5) is 20.1. The Hall–Kier alpha value is -2.30. The number of nitrogens with zero attached hydrogens (tertiary/aromatic N) is 1. The van der Waals surface area contributed by atoms with E-state index < -0.39 is 0 Å². The first-order valence-electron chi connectivity index (χ1n) is 9.69. The molecular weight excluding hydrogens is 326 g/mol. The lowest BCUT2D eigenvalue weighted by atomic mass is 9.54. The molecule has 4 bridgehead atoms. The highest BCUT2D eigenvalue weighted by atomic mass is 16.5. The number of amides is 1. The number of H-pyrrole nitrogens is 1. The van der Waals surface area contributed by atoms with Crippen LogP contribution in [0.1, 0.15) is 42.6 Å². The number of methoxy groups -OCH3 is 1. The molecule has 4 saturated carbocycles. The molecule has 6 rings (SSSR count). The van der Waals surface area contributed by atoms with E-state index in [-0.39, 0.29) is 5.91 Å². The number of carbonyl (C=O) groups is 1. The number of aromatic nitrogens is 2. The molecule has 5 nitrogen and oxygen atoms in total. The van der Waals surface area contributed by atoms with E-state index in [1.165, 1.54) is 32.1 Å². The highest BCUT2D eigenvalue weighted by Crippen LogP contribution is 2.53. The van der Waals surface area contributed by atoms with Crippen molar-refractivity contribution < 1.29 is 9.53 Å². The van der Waals surface area contributed by atoms with Crippen molar-refractivity contribution in [1.29, 1.82) is 0 Å². The van der Waals surface area contributed by atoms with Crippen LogP contribution in [0.3, 0.4) is 0 Å². The molecule has 0 unspecified atom stereocenters. The highest BCUT2D eigenvalue weighted by Gasteiger charge is 2.48. The zero-order valence-corrected chi connectivity index (χ0v) is 15.1. The standard InChI is InChI=1S/C21H25N3O2/c1-26-19-11-22-3-2-17(19)16-9-18(23-10-16)21(25)24-20-14-5-12-4-13(7-14)8-15(20)6-12/h2-3,9-15,20,23H,4-8H2,1H3,(H,24,25). The van der Waals surface area contributed by atoms with Crippen LogP contribution >= 0.6 is 0 Å². The van der Waals surface area contributed by atoms with E-state index in [0.717, 1.165) is 23.0 Å². The predicted molar refractivity (Wildman–Crippen MR) is 98.9 cm³/mol. The van der Waals surface area contributed by atoms with E-state index in [1.54, 1.807) is 19.5 Å². The molecule has 4 fully saturated rings. The van der Waals surface area contributed by atoms with Crippen molar-refractivity contribution in [2.24, 2.45) is 23.7 Å². The fourth-order valence-corrected chi connectivity index (χ4v) is 5.85. The van der Waals surface area contributed by atoms with Crippen LogP contribution in [0.2, 0.25) is 0 Å². The topological polar surface area (TPSA) is 67.0 Å². The molecule has 4 aliphatic rings. The van der Waals surface area contributed by atoms with Crippen LogP contribution in [0.15, 0.2) is 30.7 Å². The summed E-state index contributed by atoms with van der Waals surface area (Å²) in [6, 6.07) is 4.17. The quantitative estimate of drug-likeness (QED) is 0.884. The Balaban J connectivity index is 1.33. The molecule has 1 amide bonds. The van der Waals surface area contributed by atoms with Crippen LogP contribution in [-0.4, -0.2) is 29.0 Å². The van der Waals surface area contributed by atoms with Gasteiger partial charge in [-0.15, -0.1) is 0 Å². The van der Waals surface area contributed by atoms with Gasteiger partial charge in [-0.05, 0) is 67.9 Å². The van der Waals surface area contributed by atoms with E-state index in [0.29, 0.717) is 29.3 Å². The van der Waals surface area contributed by atoms with Crippen molar-refractivity contribution in [3.63, 3.8) is 0 Å². The summed E-state index contributed by atoms with van der Waals surface area (Å²) in [6.45, 7) is 0. The van der Waals surface area contributed by atoms with E-state index in [2.05, 4.69) is 15.3 Å². The average molecular weight is 351 g/mol. The normalized spacial score (nSPS) is 31.8. The minimum absolute atomic E-state index is 0.0155. The summed E-state index contributed by atoms with van der Waals surface area (Å²) in [7, 11) is 1.63. The first-order chi connectivity index (χ1) is 12.7. The Morgan fingerprint density at radius 2 is 1.92 bits per heavy atom. The smallest absolute Gasteiger partial charge is 0.267 e. The number of nitrogens with one attached hydrogen (secondary N) is 2. The van der Waals surface area contributed by atoms with Gasteiger partial charge in [0.05, 0.1) is 13.3 Å². The van der Waals surface area contributed by atoms with Crippen molar-refractivity contribution in [3.8, 4) is 16.9 Å². The van der Waals surface area contributed by atoms with Gasteiger partial charge in [0.1, 0.15) is 11.4 Å². The molecule has 2 heterocycles. The van der Waals surface area contributed by atoms with Crippen molar-refractivity contribution in [2.45, 2.75) is 38.1 Å². The number of carbonyl (C=O) groups excluding carboxylic acids is 1. The molecule has 4 aliphatic carbocycles. The van der Waals surface area contributed by atoms with Gasteiger partial charge in [0, 0.05) is 29.6 Å². The molecule has 0 aliphatic heterocycles. The Kier molecular flexibility index (Phi) is 3.76. The number of aromatic amines is 1. The van der Waals surface area contributed by atoms with Gasteiger partial charge in [-0.2, -0.15) is 0 Å². The third-order valence-corrected chi connectivity index (χ3v) is 6.77. The molecule has 2 aromatic heterocycles. The van der Waals surface area contributed by atoms with Gasteiger partial charge in [-0.25, -0.2) is 0 Å². The number of hydrogen-bond donors (Lipinski definition) is 2. The molecule has 0 saturated heterocycles. The van der Waals surface area contributed by atoms with Crippen LogP contribution in [0.4, 0.5) is 0 Å². The second-order valence-electron chi connectivity index (χ2n) is 8.31. The largest absolute Gasteiger partial charge is 0.494 e. The van der Waals surface area contributed by atoms with E-state index in [4.69, 9.17) is 4.74 Å². The summed E-state index contributed by atoms with van der Waals surface area (Å²) in [5.74, 6) is 3.93. The van der Waals surface area contributed by atoms with E-state index in [9.17, 15) is 4.79 Å². The van der Waals surface area contributed by atoms with Crippen molar-refractivity contribution in [1.82, 2.24) is 15.3 Å². The fourth-order valence-electron chi connectivity index (χ4n) is 5.85. The van der Waals surface area contributed by atoms with Gasteiger partial charge in [0.2, 0.25) is 0 Å². The molecule has 2 aromatic rings. The predicted octanol–water partition coefficient (Wildman–Crippen LogP) is 3.64. The highest BCUT2D eigenvalue weighted by molar-refractivity contribution is 5.94. The molecule has 0 spiro atoms. The van der Waals surface area contributed by atoms with Gasteiger partial charge in [0.25, 0.3) is 5.91 Å². The lowest BCUT2D eigenvalue weighted by Crippen LogP contribution is -2.55. The first kappa shape index (κ1) is 15.9. The van der Waals surface area contributed by atoms with Crippen LogP contribution in [0.5, 0.6) is 5.75 Å². The summed E-state index contributed by atoms with van der Waals surface area (Å²) >= 11 is 0. The number of hydrogen-bond acceptors (Lipinski definition) is 3.